The standard InChI is InChI=1S/C31H31BrN2O5/c1-36-25-14-12-19(17-27(25)38-3)16-20-8-7-10-23-29(20)33-34(31(35)22-9-5-6-11-24(22)32)30(23)21-13-15-26(37-2)28(18-21)39-4/h5-6,9,11-18,23,30H,7-8,10H2,1-4H3/b20-16+/t23-,30+/m1/s1. The average molecular weight is 592 g/mol. The van der Waals surface area contributed by atoms with E-state index < -0.39 is 0 Å². The molecular weight excluding hydrogens is 560 g/mol. The van der Waals surface area contributed by atoms with Crippen molar-refractivity contribution in [2.45, 2.75) is 25.3 Å². The van der Waals surface area contributed by atoms with Crippen molar-refractivity contribution in [1.82, 2.24) is 5.01 Å². The Labute approximate surface area is 237 Å². The van der Waals surface area contributed by atoms with Gasteiger partial charge in [0, 0.05) is 10.4 Å². The lowest BCUT2D eigenvalue weighted by atomic mass is 9.77. The molecule has 0 spiro atoms. The summed E-state index contributed by atoms with van der Waals surface area (Å²) in [4.78, 5) is 14.0. The highest BCUT2D eigenvalue weighted by Crippen LogP contribution is 2.46. The van der Waals surface area contributed by atoms with E-state index >= 15 is 0 Å². The molecule has 5 rings (SSSR count). The number of allylic oxidation sites excluding steroid dienone is 1. The summed E-state index contributed by atoms with van der Waals surface area (Å²) in [5, 5.41) is 6.67. The molecule has 8 heteroatoms. The number of benzene rings is 3. The molecule has 0 aromatic heterocycles. The van der Waals surface area contributed by atoms with Gasteiger partial charge in [-0.1, -0.05) is 24.3 Å². The largest absolute Gasteiger partial charge is 0.493 e. The molecule has 2 atom stereocenters. The number of nitrogens with zero attached hydrogens (tertiary/aromatic N) is 2. The van der Waals surface area contributed by atoms with E-state index in [1.165, 1.54) is 0 Å². The molecular formula is C31H31BrN2O5. The summed E-state index contributed by atoms with van der Waals surface area (Å²) in [5.41, 5.74) is 4.56. The Hall–Kier alpha value is -3.78. The molecule has 0 bridgehead atoms. The van der Waals surface area contributed by atoms with Crippen molar-refractivity contribution >= 4 is 33.6 Å². The van der Waals surface area contributed by atoms with Crippen LogP contribution in [0.1, 0.15) is 46.8 Å². The van der Waals surface area contributed by atoms with Gasteiger partial charge >= 0.3 is 0 Å². The highest BCUT2D eigenvalue weighted by atomic mass is 79.9. The number of amides is 1. The summed E-state index contributed by atoms with van der Waals surface area (Å²) in [6.07, 6.45) is 4.93. The van der Waals surface area contributed by atoms with Crippen LogP contribution >= 0.6 is 15.9 Å². The molecule has 2 aliphatic rings. The average Bonchev–Trinajstić information content (AvgIpc) is 3.37. The van der Waals surface area contributed by atoms with Crippen LogP contribution in [-0.4, -0.2) is 45.1 Å². The molecule has 202 valence electrons. The highest BCUT2D eigenvalue weighted by molar-refractivity contribution is 9.10. The van der Waals surface area contributed by atoms with E-state index in [1.807, 2.05) is 60.7 Å². The van der Waals surface area contributed by atoms with Crippen LogP contribution in [0, 0.1) is 5.92 Å². The van der Waals surface area contributed by atoms with Gasteiger partial charge in [-0.3, -0.25) is 4.79 Å². The normalized spacial score (nSPS) is 19.4. The van der Waals surface area contributed by atoms with Gasteiger partial charge in [-0.2, -0.15) is 5.10 Å². The fourth-order valence-corrected chi connectivity index (χ4v) is 5.89. The van der Waals surface area contributed by atoms with Crippen molar-refractivity contribution in [2.75, 3.05) is 28.4 Å². The Morgan fingerprint density at radius 1 is 0.897 bits per heavy atom. The second-order valence-corrected chi connectivity index (χ2v) is 10.3. The molecule has 0 unspecified atom stereocenters. The van der Waals surface area contributed by atoms with Gasteiger partial charge in [-0.15, -0.1) is 0 Å². The molecule has 1 saturated carbocycles. The van der Waals surface area contributed by atoms with Crippen LogP contribution in [0.2, 0.25) is 0 Å². The molecule has 1 heterocycles. The number of ether oxygens (including phenoxy) is 4. The summed E-state index contributed by atoms with van der Waals surface area (Å²) in [6.45, 7) is 0. The molecule has 0 radical (unpaired) electrons. The zero-order valence-corrected chi connectivity index (χ0v) is 24.0. The zero-order valence-electron chi connectivity index (χ0n) is 22.4. The van der Waals surface area contributed by atoms with Crippen molar-refractivity contribution < 1.29 is 23.7 Å². The first-order valence-corrected chi connectivity index (χ1v) is 13.6. The Balaban J connectivity index is 1.60. The van der Waals surface area contributed by atoms with Crippen LogP contribution in [0.3, 0.4) is 0 Å². The molecule has 0 saturated heterocycles. The lowest BCUT2D eigenvalue weighted by Crippen LogP contribution is -2.32. The lowest BCUT2D eigenvalue weighted by molar-refractivity contribution is 0.0679. The molecule has 1 fully saturated rings. The summed E-state index contributed by atoms with van der Waals surface area (Å²) >= 11 is 3.55. The minimum absolute atomic E-state index is 0.0367. The van der Waals surface area contributed by atoms with Crippen molar-refractivity contribution in [2.24, 2.45) is 11.0 Å². The molecule has 3 aromatic carbocycles. The first-order valence-electron chi connectivity index (χ1n) is 12.8. The molecule has 3 aromatic rings. The number of carbonyl (C=O) groups excluding carboxylic acids is 1. The molecule has 1 aliphatic heterocycles. The maximum Gasteiger partial charge on any atom is 0.275 e. The smallest absolute Gasteiger partial charge is 0.275 e. The predicted molar refractivity (Wildman–Crippen MR) is 155 cm³/mol. The number of rotatable bonds is 7. The van der Waals surface area contributed by atoms with Crippen LogP contribution < -0.4 is 18.9 Å². The number of methoxy groups -OCH3 is 4. The summed E-state index contributed by atoms with van der Waals surface area (Å²) in [5.74, 6) is 2.49. The summed E-state index contributed by atoms with van der Waals surface area (Å²) < 4.78 is 22.7. The Bertz CT molecular complexity index is 1450. The van der Waals surface area contributed by atoms with Crippen LogP contribution in [-0.2, 0) is 0 Å². The number of hydrogen-bond acceptors (Lipinski definition) is 6. The number of hydrazone groups is 1. The van der Waals surface area contributed by atoms with Crippen molar-refractivity contribution in [1.29, 1.82) is 0 Å². The van der Waals surface area contributed by atoms with E-state index in [4.69, 9.17) is 24.0 Å². The molecule has 0 N–H and O–H groups in total. The fourth-order valence-electron chi connectivity index (χ4n) is 5.44. The predicted octanol–water partition coefficient (Wildman–Crippen LogP) is 6.92. The molecule has 7 nitrogen and oxygen atoms in total. The van der Waals surface area contributed by atoms with Gasteiger partial charge in [0.05, 0.1) is 45.8 Å². The van der Waals surface area contributed by atoms with Gasteiger partial charge in [0.25, 0.3) is 5.91 Å². The van der Waals surface area contributed by atoms with E-state index in [2.05, 4.69) is 22.0 Å². The van der Waals surface area contributed by atoms with Gasteiger partial charge in [0.2, 0.25) is 0 Å². The monoisotopic (exact) mass is 590 g/mol. The fraction of sp³-hybridized carbons (Fsp3) is 0.290. The van der Waals surface area contributed by atoms with E-state index in [0.717, 1.165) is 46.1 Å². The van der Waals surface area contributed by atoms with Gasteiger partial charge in [0.15, 0.2) is 23.0 Å². The van der Waals surface area contributed by atoms with Gasteiger partial charge < -0.3 is 18.9 Å². The van der Waals surface area contributed by atoms with E-state index in [9.17, 15) is 4.79 Å². The molecule has 1 amide bonds. The van der Waals surface area contributed by atoms with Gasteiger partial charge in [-0.25, -0.2) is 5.01 Å². The number of halogens is 1. The van der Waals surface area contributed by atoms with Crippen LogP contribution in [0.15, 0.2) is 75.8 Å². The van der Waals surface area contributed by atoms with Crippen LogP contribution in [0.4, 0.5) is 0 Å². The van der Waals surface area contributed by atoms with E-state index in [0.29, 0.717) is 28.6 Å². The third-order valence-electron chi connectivity index (χ3n) is 7.31. The third-order valence-corrected chi connectivity index (χ3v) is 8.00. The first-order chi connectivity index (χ1) is 19.0. The summed E-state index contributed by atoms with van der Waals surface area (Å²) in [6, 6.07) is 18.9. The molecule has 39 heavy (non-hydrogen) atoms. The van der Waals surface area contributed by atoms with Crippen molar-refractivity contribution in [3.63, 3.8) is 0 Å². The quantitative estimate of drug-likeness (QED) is 0.299. The van der Waals surface area contributed by atoms with Gasteiger partial charge in [0.1, 0.15) is 0 Å². The topological polar surface area (TPSA) is 69.6 Å². The second-order valence-electron chi connectivity index (χ2n) is 9.46. The minimum atomic E-state index is -0.284. The van der Waals surface area contributed by atoms with Gasteiger partial charge in [-0.05, 0) is 94.4 Å². The van der Waals surface area contributed by atoms with E-state index in [-0.39, 0.29) is 17.9 Å². The van der Waals surface area contributed by atoms with Crippen LogP contribution in [0.5, 0.6) is 23.0 Å². The van der Waals surface area contributed by atoms with E-state index in [1.54, 1.807) is 33.4 Å². The molecule has 1 aliphatic carbocycles. The second kappa shape index (κ2) is 11.5. The van der Waals surface area contributed by atoms with Crippen molar-refractivity contribution in [3.05, 3.63) is 87.4 Å². The lowest BCUT2D eigenvalue weighted by Gasteiger charge is -2.30. The Morgan fingerprint density at radius 2 is 1.56 bits per heavy atom. The number of carbonyl (C=O) groups is 1. The third kappa shape index (κ3) is 5.13. The number of fused-ring (bicyclic) bond motifs is 1. The number of hydrogen-bond donors (Lipinski definition) is 0. The van der Waals surface area contributed by atoms with Crippen molar-refractivity contribution in [3.8, 4) is 23.0 Å². The Morgan fingerprint density at radius 3 is 2.26 bits per heavy atom. The zero-order chi connectivity index (χ0) is 27.5. The summed E-state index contributed by atoms with van der Waals surface area (Å²) in [7, 11) is 6.49. The maximum atomic E-state index is 14.0. The van der Waals surface area contributed by atoms with Crippen LogP contribution in [0.25, 0.3) is 6.08 Å². The first kappa shape index (κ1) is 26.8. The Kier molecular flexibility index (Phi) is 7.93. The minimum Gasteiger partial charge on any atom is -0.493 e. The highest BCUT2D eigenvalue weighted by Gasteiger charge is 2.44. The maximum absolute atomic E-state index is 14.0. The SMILES string of the molecule is COc1ccc(/C=C2\CCC[C@@H]3C2=NN(C(=O)c2ccccc2Br)[C@H]3c2ccc(OC)c(OC)c2)cc1OC.